The second-order valence-electron chi connectivity index (χ2n) is 3.22. The molecule has 0 atom stereocenters. The van der Waals surface area contributed by atoms with Crippen molar-refractivity contribution in [3.05, 3.63) is 36.9 Å². The molecule has 0 fully saturated rings. The summed E-state index contributed by atoms with van der Waals surface area (Å²) in [6.07, 6.45) is 1.67. The summed E-state index contributed by atoms with van der Waals surface area (Å²) in [5.41, 5.74) is 0.445. The van der Waals surface area contributed by atoms with Crippen molar-refractivity contribution in [2.75, 3.05) is 11.9 Å². The van der Waals surface area contributed by atoms with Gasteiger partial charge in [-0.2, -0.15) is 0 Å². The quantitative estimate of drug-likeness (QED) is 0.735. The van der Waals surface area contributed by atoms with E-state index in [4.69, 9.17) is 9.84 Å². The third kappa shape index (κ3) is 4.38. The molecule has 0 aliphatic heterocycles. The Kier molecular flexibility index (Phi) is 4.75. The van der Waals surface area contributed by atoms with Gasteiger partial charge in [0, 0.05) is 6.42 Å². The van der Waals surface area contributed by atoms with E-state index < -0.39 is 12.6 Å². The molecule has 0 saturated heterocycles. The van der Waals surface area contributed by atoms with Crippen LogP contribution in [0, 0.1) is 0 Å². The van der Waals surface area contributed by atoms with Crippen LogP contribution in [0.2, 0.25) is 0 Å². The van der Waals surface area contributed by atoms with Crippen LogP contribution < -0.4 is 10.1 Å². The summed E-state index contributed by atoms with van der Waals surface area (Å²) in [6.45, 7) is 3.00. The zero-order valence-electron chi connectivity index (χ0n) is 9.18. The maximum absolute atomic E-state index is 11.3. The summed E-state index contributed by atoms with van der Waals surface area (Å²) in [5.74, 6) is -0.976. The fourth-order valence-electron chi connectivity index (χ4n) is 1.17. The summed E-state index contributed by atoms with van der Waals surface area (Å²) < 4.78 is 5.04. The molecule has 1 amide bonds. The highest BCUT2D eigenvalue weighted by molar-refractivity contribution is 5.93. The molecule has 0 aromatic heterocycles. The molecule has 0 heterocycles. The molecule has 5 nitrogen and oxygen atoms in total. The van der Waals surface area contributed by atoms with Gasteiger partial charge < -0.3 is 15.2 Å². The number of ether oxygens (including phenoxy) is 1. The minimum atomic E-state index is -1.07. The maximum atomic E-state index is 11.3. The topological polar surface area (TPSA) is 75.6 Å². The Hall–Kier alpha value is -2.30. The SMILES string of the molecule is C=CCC(=O)Nc1ccccc1OCC(=O)O. The highest BCUT2D eigenvalue weighted by atomic mass is 16.5. The van der Waals surface area contributed by atoms with Gasteiger partial charge in [-0.1, -0.05) is 18.2 Å². The van der Waals surface area contributed by atoms with Gasteiger partial charge in [0.25, 0.3) is 0 Å². The summed E-state index contributed by atoms with van der Waals surface area (Å²) in [6, 6.07) is 6.64. The predicted octanol–water partition coefficient (Wildman–Crippen LogP) is 1.66. The summed E-state index contributed by atoms with van der Waals surface area (Å²) >= 11 is 0. The third-order valence-electron chi connectivity index (χ3n) is 1.84. The molecular formula is C12H13NO4. The van der Waals surface area contributed by atoms with E-state index in [2.05, 4.69) is 11.9 Å². The Labute approximate surface area is 98.7 Å². The zero-order valence-corrected chi connectivity index (χ0v) is 9.18. The normalized spacial score (nSPS) is 9.41. The maximum Gasteiger partial charge on any atom is 0.341 e. The summed E-state index contributed by atoms with van der Waals surface area (Å²) in [4.78, 5) is 21.7. The van der Waals surface area contributed by atoms with Crippen LogP contribution in [0.25, 0.3) is 0 Å². The van der Waals surface area contributed by atoms with Gasteiger partial charge in [-0.15, -0.1) is 6.58 Å². The van der Waals surface area contributed by atoms with Gasteiger partial charge in [-0.05, 0) is 12.1 Å². The standard InChI is InChI=1S/C12H13NO4/c1-2-5-11(14)13-9-6-3-4-7-10(9)17-8-12(15)16/h2-4,6-7H,1,5,8H2,(H,13,14)(H,15,16). The number of carboxylic acids is 1. The van der Waals surface area contributed by atoms with E-state index in [1.54, 1.807) is 24.3 Å². The molecule has 1 aromatic carbocycles. The number of carbonyl (C=O) groups excluding carboxylic acids is 1. The van der Waals surface area contributed by atoms with E-state index in [-0.39, 0.29) is 12.3 Å². The first kappa shape index (κ1) is 12.8. The van der Waals surface area contributed by atoms with E-state index in [1.165, 1.54) is 6.08 Å². The number of hydrogen-bond donors (Lipinski definition) is 2. The molecular weight excluding hydrogens is 222 g/mol. The van der Waals surface area contributed by atoms with Crippen molar-refractivity contribution in [3.8, 4) is 5.75 Å². The van der Waals surface area contributed by atoms with Crippen LogP contribution in [0.15, 0.2) is 36.9 Å². The highest BCUT2D eigenvalue weighted by Gasteiger charge is 2.07. The first-order chi connectivity index (χ1) is 8.13. The molecule has 5 heteroatoms. The fraction of sp³-hybridized carbons (Fsp3) is 0.167. The Morgan fingerprint density at radius 1 is 1.41 bits per heavy atom. The lowest BCUT2D eigenvalue weighted by molar-refractivity contribution is -0.139. The van der Waals surface area contributed by atoms with Crippen molar-refractivity contribution in [1.82, 2.24) is 0 Å². The number of hydrogen-bond acceptors (Lipinski definition) is 3. The first-order valence-corrected chi connectivity index (χ1v) is 4.98. The lowest BCUT2D eigenvalue weighted by Gasteiger charge is -2.10. The van der Waals surface area contributed by atoms with Crippen molar-refractivity contribution < 1.29 is 19.4 Å². The smallest absolute Gasteiger partial charge is 0.341 e. The van der Waals surface area contributed by atoms with Crippen LogP contribution in [-0.4, -0.2) is 23.6 Å². The van der Waals surface area contributed by atoms with Gasteiger partial charge in [0.15, 0.2) is 6.61 Å². The van der Waals surface area contributed by atoms with Gasteiger partial charge in [0.1, 0.15) is 5.75 Å². The number of amides is 1. The number of anilines is 1. The minimum Gasteiger partial charge on any atom is -0.480 e. The van der Waals surface area contributed by atoms with E-state index in [9.17, 15) is 9.59 Å². The van der Waals surface area contributed by atoms with Crippen molar-refractivity contribution in [3.63, 3.8) is 0 Å². The number of nitrogens with one attached hydrogen (secondary N) is 1. The fourth-order valence-corrected chi connectivity index (χ4v) is 1.17. The number of aliphatic carboxylic acids is 1. The van der Waals surface area contributed by atoms with Crippen LogP contribution in [0.5, 0.6) is 5.75 Å². The van der Waals surface area contributed by atoms with E-state index >= 15 is 0 Å². The molecule has 1 aromatic rings. The number of benzene rings is 1. The van der Waals surface area contributed by atoms with Gasteiger partial charge in [-0.3, -0.25) is 4.79 Å². The molecule has 0 bridgehead atoms. The molecule has 0 spiro atoms. The van der Waals surface area contributed by atoms with Crippen LogP contribution in [-0.2, 0) is 9.59 Å². The number of para-hydroxylation sites is 2. The van der Waals surface area contributed by atoms with E-state index in [1.807, 2.05) is 0 Å². The molecule has 0 saturated carbocycles. The van der Waals surface area contributed by atoms with E-state index in [0.29, 0.717) is 11.4 Å². The Bertz CT molecular complexity index is 428. The molecule has 0 unspecified atom stereocenters. The highest BCUT2D eigenvalue weighted by Crippen LogP contribution is 2.23. The molecule has 2 N–H and O–H groups in total. The Morgan fingerprint density at radius 3 is 2.76 bits per heavy atom. The summed E-state index contributed by atoms with van der Waals surface area (Å²) in [7, 11) is 0. The average Bonchev–Trinajstić information content (AvgIpc) is 2.28. The zero-order chi connectivity index (χ0) is 12.7. The molecule has 0 radical (unpaired) electrons. The van der Waals surface area contributed by atoms with Crippen molar-refractivity contribution in [2.45, 2.75) is 6.42 Å². The summed E-state index contributed by atoms with van der Waals surface area (Å²) in [5, 5.41) is 11.1. The largest absolute Gasteiger partial charge is 0.480 e. The van der Waals surface area contributed by atoms with Gasteiger partial charge in [0.05, 0.1) is 5.69 Å². The van der Waals surface area contributed by atoms with Crippen LogP contribution in [0.4, 0.5) is 5.69 Å². The van der Waals surface area contributed by atoms with Gasteiger partial charge in [-0.25, -0.2) is 4.79 Å². The van der Waals surface area contributed by atoms with Crippen molar-refractivity contribution in [2.24, 2.45) is 0 Å². The van der Waals surface area contributed by atoms with E-state index in [0.717, 1.165) is 0 Å². The lowest BCUT2D eigenvalue weighted by atomic mass is 10.3. The van der Waals surface area contributed by atoms with Crippen LogP contribution in [0.3, 0.4) is 0 Å². The molecule has 0 aliphatic rings. The Balaban J connectivity index is 2.73. The van der Waals surface area contributed by atoms with Gasteiger partial charge >= 0.3 is 5.97 Å². The lowest BCUT2D eigenvalue weighted by Crippen LogP contribution is -2.14. The van der Waals surface area contributed by atoms with Crippen LogP contribution >= 0.6 is 0 Å². The predicted molar refractivity (Wildman–Crippen MR) is 63.0 cm³/mol. The molecule has 90 valence electrons. The van der Waals surface area contributed by atoms with Crippen molar-refractivity contribution >= 4 is 17.6 Å². The minimum absolute atomic E-state index is 0.188. The number of carbonyl (C=O) groups is 2. The average molecular weight is 235 g/mol. The monoisotopic (exact) mass is 235 g/mol. The first-order valence-electron chi connectivity index (χ1n) is 4.98. The van der Waals surface area contributed by atoms with Crippen LogP contribution in [0.1, 0.15) is 6.42 Å². The molecule has 0 aliphatic carbocycles. The van der Waals surface area contributed by atoms with Crippen molar-refractivity contribution in [1.29, 1.82) is 0 Å². The molecule has 1 rings (SSSR count). The molecule has 17 heavy (non-hydrogen) atoms. The second kappa shape index (κ2) is 6.32. The number of carboxylic acid groups (broad SMARTS) is 1. The van der Waals surface area contributed by atoms with Gasteiger partial charge in [0.2, 0.25) is 5.91 Å². The number of rotatable bonds is 6. The third-order valence-corrected chi connectivity index (χ3v) is 1.84. The second-order valence-corrected chi connectivity index (χ2v) is 3.22. The Morgan fingerprint density at radius 2 is 2.12 bits per heavy atom.